The van der Waals surface area contributed by atoms with Crippen molar-refractivity contribution in [2.24, 2.45) is 7.05 Å². The lowest BCUT2D eigenvalue weighted by Crippen LogP contribution is -2.60. The zero-order valence-corrected chi connectivity index (χ0v) is 28.9. The molecule has 0 amide bonds. The number of piperidine rings is 1. The minimum atomic E-state index is -0.449. The molecule has 5 aliphatic rings. The van der Waals surface area contributed by atoms with Crippen LogP contribution in [0.2, 0.25) is 0 Å². The van der Waals surface area contributed by atoms with Crippen molar-refractivity contribution in [2.75, 3.05) is 67.6 Å². The van der Waals surface area contributed by atoms with E-state index in [1.807, 2.05) is 23.2 Å². The summed E-state index contributed by atoms with van der Waals surface area (Å²) in [6.07, 6.45) is 8.29. The van der Waals surface area contributed by atoms with E-state index in [0.29, 0.717) is 65.5 Å². The number of aliphatic hydroxyl groups is 1. The van der Waals surface area contributed by atoms with Crippen molar-refractivity contribution in [3.63, 3.8) is 0 Å². The van der Waals surface area contributed by atoms with Crippen molar-refractivity contribution in [3.05, 3.63) is 75.7 Å². The first-order valence-electron chi connectivity index (χ1n) is 18.1. The van der Waals surface area contributed by atoms with E-state index >= 15 is 4.39 Å². The zero-order chi connectivity index (χ0) is 34.5. The first-order valence-corrected chi connectivity index (χ1v) is 18.1. The highest BCUT2D eigenvalue weighted by Gasteiger charge is 2.42. The molecule has 0 spiro atoms. The smallest absolute Gasteiger partial charge is 0.274 e. The summed E-state index contributed by atoms with van der Waals surface area (Å²) in [4.78, 5) is 40.6. The quantitative estimate of drug-likeness (QED) is 0.362. The largest absolute Gasteiger partial charge is 0.392 e. The van der Waals surface area contributed by atoms with Crippen molar-refractivity contribution >= 4 is 28.7 Å². The van der Waals surface area contributed by atoms with Gasteiger partial charge >= 0.3 is 0 Å². The van der Waals surface area contributed by atoms with Crippen LogP contribution in [0.25, 0.3) is 11.1 Å². The number of piperazine rings is 1. The average molecular weight is 684 g/mol. The molecule has 2 aromatic heterocycles. The molecule has 50 heavy (non-hydrogen) atoms. The Morgan fingerprint density at radius 3 is 2.66 bits per heavy atom. The standard InChI is InChI=1S/C38H46FN7O4/c1-3-26-19-43(28-22-50-23-28)12-13-45(26)27-7-8-36(40-17-27)41-32-14-24(18-42(2)38(32)49)29-15-25(39)16-35(31(29)21-47)44-11-9-33-30(20-44)37(48)34-6-4-5-10-46(33)34/h7-8,14-18,26,28,34,47H,3-6,9-13,19-23H2,1-2H3,(H,40,41)/t26?,34-/m0/s1. The molecule has 3 fully saturated rings. The number of aliphatic hydroxyl groups excluding tert-OH is 1. The normalized spacial score (nSPS) is 22.9. The van der Waals surface area contributed by atoms with Gasteiger partial charge in [-0.05, 0) is 61.6 Å². The molecule has 264 valence electrons. The van der Waals surface area contributed by atoms with Gasteiger partial charge in [0.1, 0.15) is 17.3 Å². The number of ketones is 1. The number of ether oxygens (including phenoxy) is 1. The average Bonchev–Trinajstić information content (AvgIpc) is 3.40. The molecule has 12 heteroatoms. The number of rotatable bonds is 8. The Morgan fingerprint density at radius 2 is 1.92 bits per heavy atom. The van der Waals surface area contributed by atoms with Crippen LogP contribution in [0.1, 0.15) is 44.6 Å². The highest BCUT2D eigenvalue weighted by atomic mass is 19.1. The Labute approximate surface area is 291 Å². The molecule has 3 aromatic rings. The second-order valence-electron chi connectivity index (χ2n) is 14.3. The minimum Gasteiger partial charge on any atom is -0.392 e. The van der Waals surface area contributed by atoms with Gasteiger partial charge < -0.3 is 34.4 Å². The fourth-order valence-electron chi connectivity index (χ4n) is 8.60. The molecular weight excluding hydrogens is 637 g/mol. The number of fused-ring (bicyclic) bond motifs is 2. The van der Waals surface area contributed by atoms with E-state index in [9.17, 15) is 14.7 Å². The summed E-state index contributed by atoms with van der Waals surface area (Å²) in [5.74, 6) is 0.266. The van der Waals surface area contributed by atoms with Crippen molar-refractivity contribution in [1.29, 1.82) is 0 Å². The number of carbonyl (C=O) groups excluding carboxylic acids is 1. The van der Waals surface area contributed by atoms with Crippen LogP contribution in [-0.2, 0) is 23.2 Å². The van der Waals surface area contributed by atoms with Crippen molar-refractivity contribution in [2.45, 2.75) is 63.8 Å². The van der Waals surface area contributed by atoms with Crippen LogP contribution < -0.4 is 20.7 Å². The molecule has 8 rings (SSSR count). The molecule has 1 unspecified atom stereocenters. The van der Waals surface area contributed by atoms with E-state index in [-0.39, 0.29) is 24.0 Å². The summed E-state index contributed by atoms with van der Waals surface area (Å²) in [6, 6.07) is 9.32. The number of hydrogen-bond acceptors (Lipinski definition) is 10. The molecular formula is C38H46FN7O4. The van der Waals surface area contributed by atoms with Crippen LogP contribution in [0.4, 0.5) is 27.3 Å². The maximum absolute atomic E-state index is 15.4. The number of aromatic nitrogens is 2. The molecule has 2 N–H and O–H groups in total. The van der Waals surface area contributed by atoms with Crippen molar-refractivity contribution < 1.29 is 19.0 Å². The van der Waals surface area contributed by atoms with Crippen LogP contribution in [0.3, 0.4) is 0 Å². The van der Waals surface area contributed by atoms with Crippen molar-refractivity contribution in [3.8, 4) is 11.1 Å². The van der Waals surface area contributed by atoms with Gasteiger partial charge in [-0.2, -0.15) is 0 Å². The molecule has 0 radical (unpaired) electrons. The van der Waals surface area contributed by atoms with Crippen LogP contribution in [0.5, 0.6) is 0 Å². The first kappa shape index (κ1) is 32.9. The topological polar surface area (TPSA) is 106 Å². The number of nitrogens with zero attached hydrogens (tertiary/aromatic N) is 6. The number of halogens is 1. The predicted octanol–water partition coefficient (Wildman–Crippen LogP) is 4.02. The molecule has 0 aliphatic carbocycles. The molecule has 11 nitrogen and oxygen atoms in total. The molecule has 2 atom stereocenters. The Bertz CT molecular complexity index is 1870. The lowest BCUT2D eigenvalue weighted by Gasteiger charge is -2.47. The van der Waals surface area contributed by atoms with Gasteiger partial charge in [0.05, 0.1) is 43.8 Å². The van der Waals surface area contributed by atoms with E-state index < -0.39 is 5.82 Å². The van der Waals surface area contributed by atoms with Gasteiger partial charge in [-0.1, -0.05) is 6.92 Å². The highest BCUT2D eigenvalue weighted by Crippen LogP contribution is 2.40. The van der Waals surface area contributed by atoms with E-state index in [0.717, 1.165) is 82.0 Å². The minimum absolute atomic E-state index is 0.0622. The fourth-order valence-corrected chi connectivity index (χ4v) is 8.60. The first-order chi connectivity index (χ1) is 24.3. The summed E-state index contributed by atoms with van der Waals surface area (Å²) >= 11 is 0. The number of Topliss-reactive ketones (excluding diaryl/α,β-unsaturated/α-hetero) is 1. The lowest BCUT2D eigenvalue weighted by atomic mass is 9.96. The summed E-state index contributed by atoms with van der Waals surface area (Å²) in [7, 11) is 1.66. The predicted molar refractivity (Wildman–Crippen MR) is 191 cm³/mol. The monoisotopic (exact) mass is 683 g/mol. The molecule has 5 aliphatic heterocycles. The Balaban J connectivity index is 1.04. The third-order valence-electron chi connectivity index (χ3n) is 11.4. The Morgan fingerprint density at radius 1 is 1.06 bits per heavy atom. The van der Waals surface area contributed by atoms with Gasteiger partial charge in [0.2, 0.25) is 0 Å². The number of pyridine rings is 2. The second-order valence-corrected chi connectivity index (χ2v) is 14.3. The lowest BCUT2D eigenvalue weighted by molar-refractivity contribution is -0.119. The molecule has 0 bridgehead atoms. The fraction of sp³-hybridized carbons (Fsp3) is 0.500. The summed E-state index contributed by atoms with van der Waals surface area (Å²) in [6.45, 7) is 8.36. The molecule has 1 aromatic carbocycles. The van der Waals surface area contributed by atoms with Gasteiger partial charge in [-0.3, -0.25) is 14.5 Å². The van der Waals surface area contributed by atoms with E-state index in [1.165, 1.54) is 16.7 Å². The van der Waals surface area contributed by atoms with E-state index in [4.69, 9.17) is 4.74 Å². The van der Waals surface area contributed by atoms with Crippen LogP contribution in [0, 0.1) is 5.82 Å². The number of nitrogens with one attached hydrogen (secondary N) is 1. The van der Waals surface area contributed by atoms with Gasteiger partial charge in [0, 0.05) is 93.1 Å². The van der Waals surface area contributed by atoms with E-state index in [1.54, 1.807) is 19.3 Å². The summed E-state index contributed by atoms with van der Waals surface area (Å²) in [5.41, 5.74) is 5.26. The summed E-state index contributed by atoms with van der Waals surface area (Å²) < 4.78 is 22.3. The summed E-state index contributed by atoms with van der Waals surface area (Å²) in [5, 5.41) is 13.9. The van der Waals surface area contributed by atoms with Gasteiger partial charge in [0.15, 0.2) is 5.78 Å². The van der Waals surface area contributed by atoms with Crippen LogP contribution >= 0.6 is 0 Å². The number of aryl methyl sites for hydroxylation is 1. The molecule has 0 saturated carbocycles. The van der Waals surface area contributed by atoms with E-state index in [2.05, 4.69) is 31.9 Å². The van der Waals surface area contributed by atoms with Crippen molar-refractivity contribution in [1.82, 2.24) is 19.4 Å². The Kier molecular flexibility index (Phi) is 8.86. The SMILES string of the molecule is CCC1CN(C2COC2)CCN1c1ccc(Nc2cc(-c3cc(F)cc(N4CCC5=C(C4)C(=O)[C@@H]4CCCCN54)c3CO)cn(C)c2=O)nc1. The number of carbonyl (C=O) groups is 1. The maximum Gasteiger partial charge on any atom is 0.274 e. The molecule has 7 heterocycles. The third-order valence-corrected chi connectivity index (χ3v) is 11.4. The number of benzene rings is 1. The van der Waals surface area contributed by atoms with Gasteiger partial charge in [-0.15, -0.1) is 0 Å². The Hall–Kier alpha value is -4.26. The second kappa shape index (κ2) is 13.5. The van der Waals surface area contributed by atoms with Crippen LogP contribution in [0.15, 0.2) is 58.8 Å². The maximum atomic E-state index is 15.4. The number of hydrogen-bond donors (Lipinski definition) is 2. The van der Waals surface area contributed by atoms with Gasteiger partial charge in [0.25, 0.3) is 5.56 Å². The number of anilines is 4. The van der Waals surface area contributed by atoms with Gasteiger partial charge in [-0.25, -0.2) is 9.37 Å². The zero-order valence-electron chi connectivity index (χ0n) is 28.9. The molecule has 3 saturated heterocycles. The third kappa shape index (κ3) is 5.86. The highest BCUT2D eigenvalue weighted by molar-refractivity contribution is 6.04. The van der Waals surface area contributed by atoms with Crippen LogP contribution in [-0.4, -0.2) is 101 Å².